The fraction of sp³-hybridized carbons (Fsp3) is 0.0556. The molecule has 0 amide bonds. The van der Waals surface area contributed by atoms with Crippen molar-refractivity contribution in [3.05, 3.63) is 83.7 Å². The first-order valence-corrected chi connectivity index (χ1v) is 6.42. The molecular weight excluding hydrogens is 249 g/mol. The van der Waals surface area contributed by atoms with Gasteiger partial charge in [0.1, 0.15) is 6.67 Å². The lowest BCUT2D eigenvalue weighted by molar-refractivity contribution is -0.512. The van der Waals surface area contributed by atoms with Crippen molar-refractivity contribution in [2.45, 2.75) is 6.67 Å². The molecule has 0 atom stereocenters. The highest BCUT2D eigenvalue weighted by molar-refractivity contribution is 5.45. The van der Waals surface area contributed by atoms with Crippen LogP contribution in [0, 0.1) is 11.8 Å². The molecule has 2 heterocycles. The van der Waals surface area contributed by atoms with E-state index in [2.05, 4.69) is 11.8 Å². The SMILES string of the molecule is FCc1ccc(C#Cc2ccc3cccc[n+]3c2)cc1. The normalized spacial score (nSPS) is 10.1. The molecule has 0 aliphatic rings. The number of fused-ring (bicyclic) bond motifs is 1. The quantitative estimate of drug-likeness (QED) is 0.468. The van der Waals surface area contributed by atoms with E-state index in [4.69, 9.17) is 0 Å². The number of pyridine rings is 2. The summed E-state index contributed by atoms with van der Waals surface area (Å²) in [7, 11) is 0. The van der Waals surface area contributed by atoms with Gasteiger partial charge in [-0.05, 0) is 29.8 Å². The van der Waals surface area contributed by atoms with Crippen LogP contribution in [-0.4, -0.2) is 0 Å². The molecule has 3 rings (SSSR count). The summed E-state index contributed by atoms with van der Waals surface area (Å²) in [5, 5.41) is 0. The van der Waals surface area contributed by atoms with E-state index in [1.807, 2.05) is 59.3 Å². The Balaban J connectivity index is 1.90. The summed E-state index contributed by atoms with van der Waals surface area (Å²) in [6, 6.07) is 17.3. The van der Waals surface area contributed by atoms with Crippen molar-refractivity contribution >= 4 is 5.52 Å². The van der Waals surface area contributed by atoms with Crippen LogP contribution >= 0.6 is 0 Å². The Kier molecular flexibility index (Phi) is 3.43. The summed E-state index contributed by atoms with van der Waals surface area (Å²) in [5.74, 6) is 6.22. The number of hydrogen-bond acceptors (Lipinski definition) is 0. The molecule has 0 N–H and O–H groups in total. The number of benzene rings is 1. The van der Waals surface area contributed by atoms with Crippen LogP contribution in [-0.2, 0) is 6.67 Å². The van der Waals surface area contributed by atoms with Gasteiger partial charge < -0.3 is 0 Å². The van der Waals surface area contributed by atoms with Gasteiger partial charge in [-0.1, -0.05) is 24.0 Å². The van der Waals surface area contributed by atoms with Gasteiger partial charge in [-0.2, -0.15) is 4.40 Å². The highest BCUT2D eigenvalue weighted by Gasteiger charge is 2.00. The molecule has 0 saturated heterocycles. The largest absolute Gasteiger partial charge is 0.246 e. The fourth-order valence-corrected chi connectivity index (χ4v) is 1.99. The number of halogens is 1. The summed E-state index contributed by atoms with van der Waals surface area (Å²) >= 11 is 0. The Bertz CT molecular complexity index is 795. The summed E-state index contributed by atoms with van der Waals surface area (Å²) in [6.07, 6.45) is 3.99. The second-order valence-corrected chi connectivity index (χ2v) is 4.53. The monoisotopic (exact) mass is 262 g/mol. The lowest BCUT2D eigenvalue weighted by Crippen LogP contribution is -2.20. The highest BCUT2D eigenvalue weighted by Crippen LogP contribution is 2.05. The van der Waals surface area contributed by atoms with Crippen molar-refractivity contribution < 1.29 is 8.79 Å². The number of alkyl halides is 1. The smallest absolute Gasteiger partial charge is 0.210 e. The Hall–Kier alpha value is -2.66. The van der Waals surface area contributed by atoms with Gasteiger partial charge in [0.2, 0.25) is 5.52 Å². The maximum absolute atomic E-state index is 12.4. The molecule has 1 aromatic carbocycles. The van der Waals surface area contributed by atoms with Gasteiger partial charge in [0.25, 0.3) is 0 Å². The predicted octanol–water partition coefficient (Wildman–Crippen LogP) is 3.29. The second kappa shape index (κ2) is 5.54. The standard InChI is InChI=1S/C18H13FN/c19-13-16-7-4-15(5-8-16)6-9-17-10-11-18-3-1-2-12-20(18)14-17/h1-5,7-8,10-12,14H,13H2/q+1. The minimum absolute atomic E-state index is 0.435. The molecule has 0 aliphatic carbocycles. The molecule has 20 heavy (non-hydrogen) atoms. The summed E-state index contributed by atoms with van der Waals surface area (Å²) in [5.41, 5.74) is 3.64. The first-order chi connectivity index (χ1) is 9.85. The van der Waals surface area contributed by atoms with E-state index in [9.17, 15) is 4.39 Å². The third-order valence-corrected chi connectivity index (χ3v) is 3.09. The summed E-state index contributed by atoms with van der Waals surface area (Å²) < 4.78 is 14.5. The maximum atomic E-state index is 12.4. The average molecular weight is 262 g/mol. The zero-order valence-electron chi connectivity index (χ0n) is 10.9. The Morgan fingerprint density at radius 3 is 2.40 bits per heavy atom. The van der Waals surface area contributed by atoms with Crippen LogP contribution < -0.4 is 4.40 Å². The van der Waals surface area contributed by atoms with Crippen molar-refractivity contribution in [2.24, 2.45) is 0 Å². The Morgan fingerprint density at radius 1 is 0.850 bits per heavy atom. The summed E-state index contributed by atoms with van der Waals surface area (Å²) in [6.45, 7) is -0.435. The van der Waals surface area contributed by atoms with Crippen molar-refractivity contribution in [3.8, 4) is 11.8 Å². The molecule has 2 aromatic heterocycles. The van der Waals surface area contributed by atoms with Gasteiger partial charge >= 0.3 is 0 Å². The van der Waals surface area contributed by atoms with Gasteiger partial charge in [-0.25, -0.2) is 4.39 Å². The van der Waals surface area contributed by atoms with Crippen LogP contribution in [0.4, 0.5) is 4.39 Å². The zero-order chi connectivity index (χ0) is 13.8. The maximum Gasteiger partial charge on any atom is 0.210 e. The first-order valence-electron chi connectivity index (χ1n) is 6.42. The highest BCUT2D eigenvalue weighted by atomic mass is 19.1. The van der Waals surface area contributed by atoms with Crippen LogP contribution in [0.5, 0.6) is 0 Å². The zero-order valence-corrected chi connectivity index (χ0v) is 10.9. The van der Waals surface area contributed by atoms with Gasteiger partial charge in [0, 0.05) is 23.8 Å². The molecule has 0 aliphatic heterocycles. The van der Waals surface area contributed by atoms with Gasteiger partial charge in [-0.15, -0.1) is 0 Å². The number of rotatable bonds is 1. The van der Waals surface area contributed by atoms with Crippen LogP contribution in [0.2, 0.25) is 0 Å². The molecule has 0 fully saturated rings. The van der Waals surface area contributed by atoms with Crippen LogP contribution in [0.1, 0.15) is 16.7 Å². The lowest BCUT2D eigenvalue weighted by Gasteiger charge is -1.94. The van der Waals surface area contributed by atoms with E-state index in [1.54, 1.807) is 12.1 Å². The topological polar surface area (TPSA) is 4.10 Å². The molecule has 0 bridgehead atoms. The first kappa shape index (κ1) is 12.4. The minimum Gasteiger partial charge on any atom is -0.246 e. The van der Waals surface area contributed by atoms with E-state index in [1.165, 1.54) is 0 Å². The van der Waals surface area contributed by atoms with Gasteiger partial charge in [0.05, 0.1) is 5.56 Å². The molecular formula is C18H13FN+. The lowest BCUT2D eigenvalue weighted by atomic mass is 10.1. The molecule has 0 spiro atoms. The van der Waals surface area contributed by atoms with Crippen molar-refractivity contribution in [2.75, 3.05) is 0 Å². The Labute approximate surface area is 117 Å². The molecule has 3 aromatic rings. The van der Waals surface area contributed by atoms with Gasteiger partial charge in [0.15, 0.2) is 12.4 Å². The third-order valence-electron chi connectivity index (χ3n) is 3.09. The fourth-order valence-electron chi connectivity index (χ4n) is 1.99. The second-order valence-electron chi connectivity index (χ2n) is 4.53. The van der Waals surface area contributed by atoms with Crippen LogP contribution in [0.15, 0.2) is 67.0 Å². The van der Waals surface area contributed by atoms with Crippen molar-refractivity contribution in [3.63, 3.8) is 0 Å². The molecule has 0 unspecified atom stereocenters. The van der Waals surface area contributed by atoms with E-state index in [-0.39, 0.29) is 0 Å². The number of aromatic nitrogens is 1. The summed E-state index contributed by atoms with van der Waals surface area (Å²) in [4.78, 5) is 0. The van der Waals surface area contributed by atoms with Crippen molar-refractivity contribution in [1.29, 1.82) is 0 Å². The average Bonchev–Trinajstić information content (AvgIpc) is 2.53. The van der Waals surface area contributed by atoms with Crippen LogP contribution in [0.3, 0.4) is 0 Å². The minimum atomic E-state index is -0.435. The number of nitrogens with zero attached hydrogens (tertiary/aromatic N) is 1. The van der Waals surface area contributed by atoms with E-state index >= 15 is 0 Å². The predicted molar refractivity (Wildman–Crippen MR) is 76.8 cm³/mol. The third kappa shape index (κ3) is 2.67. The molecule has 0 radical (unpaired) electrons. The van der Waals surface area contributed by atoms with Crippen LogP contribution in [0.25, 0.3) is 5.52 Å². The Morgan fingerprint density at radius 2 is 1.60 bits per heavy atom. The van der Waals surface area contributed by atoms with E-state index in [0.717, 1.165) is 16.6 Å². The van der Waals surface area contributed by atoms with E-state index < -0.39 is 6.67 Å². The molecule has 2 heteroatoms. The van der Waals surface area contributed by atoms with E-state index in [0.29, 0.717) is 5.56 Å². The molecule has 1 nitrogen and oxygen atoms in total. The van der Waals surface area contributed by atoms with Crippen molar-refractivity contribution in [1.82, 2.24) is 0 Å². The number of hydrogen-bond donors (Lipinski definition) is 0. The molecule has 0 saturated carbocycles. The molecule has 96 valence electrons. The van der Waals surface area contributed by atoms with Gasteiger partial charge in [-0.3, -0.25) is 0 Å².